The maximum absolute atomic E-state index is 7.00. The van der Waals surface area contributed by atoms with Gasteiger partial charge in [0.05, 0.1) is 5.70 Å². The lowest BCUT2D eigenvalue weighted by atomic mass is 9.88. The highest BCUT2D eigenvalue weighted by atomic mass is 16.5. The maximum Gasteiger partial charge on any atom is 0.149 e. The number of fused-ring (bicyclic) bond motifs is 9. The number of rotatable bonds is 6. The first-order valence-electron chi connectivity index (χ1n) is 19.2. The SMILES string of the molecule is C1=CC2c3ccc4ccccc4c3OC2C(N(c2ccc(-c3ccc4cc(Cc5ccccc5)c5ccccc5c4c3)cc2)c2ccc3ccccc3c2)=C1. The Balaban J connectivity index is 0.990. The second-order valence-electron chi connectivity index (χ2n) is 14.8. The first kappa shape index (κ1) is 31.6. The third-order valence-corrected chi connectivity index (χ3v) is 11.6. The molecule has 2 nitrogen and oxygen atoms in total. The minimum Gasteiger partial charge on any atom is -0.482 e. The highest BCUT2D eigenvalue weighted by Crippen LogP contribution is 2.49. The first-order chi connectivity index (χ1) is 27.2. The van der Waals surface area contributed by atoms with E-state index in [9.17, 15) is 0 Å². The predicted octanol–water partition coefficient (Wildman–Crippen LogP) is 13.7. The van der Waals surface area contributed by atoms with Crippen LogP contribution in [-0.4, -0.2) is 6.10 Å². The molecule has 1 aliphatic heterocycles. The minimum absolute atomic E-state index is 0.127. The van der Waals surface area contributed by atoms with Gasteiger partial charge >= 0.3 is 0 Å². The molecular formula is C53H37NO. The molecule has 1 aliphatic carbocycles. The lowest BCUT2D eigenvalue weighted by molar-refractivity contribution is 0.256. The second kappa shape index (κ2) is 12.9. The molecule has 9 aromatic rings. The molecule has 55 heavy (non-hydrogen) atoms. The predicted molar refractivity (Wildman–Crippen MR) is 231 cm³/mol. The van der Waals surface area contributed by atoms with E-state index in [2.05, 4.69) is 205 Å². The monoisotopic (exact) mass is 703 g/mol. The Hall–Kier alpha value is -6.90. The number of anilines is 2. The van der Waals surface area contributed by atoms with Crippen molar-refractivity contribution < 1.29 is 4.74 Å². The second-order valence-corrected chi connectivity index (χ2v) is 14.8. The van der Waals surface area contributed by atoms with Crippen molar-refractivity contribution in [2.75, 3.05) is 4.90 Å². The molecule has 0 amide bonds. The van der Waals surface area contributed by atoms with E-state index in [0.29, 0.717) is 0 Å². The average Bonchev–Trinajstić information content (AvgIpc) is 3.65. The smallest absolute Gasteiger partial charge is 0.149 e. The van der Waals surface area contributed by atoms with Crippen LogP contribution in [0.3, 0.4) is 0 Å². The molecule has 0 aromatic heterocycles. The van der Waals surface area contributed by atoms with Crippen molar-refractivity contribution in [3.05, 3.63) is 223 Å². The van der Waals surface area contributed by atoms with Gasteiger partial charge < -0.3 is 9.64 Å². The highest BCUT2D eigenvalue weighted by molar-refractivity contribution is 6.10. The number of benzene rings is 9. The topological polar surface area (TPSA) is 12.5 Å². The van der Waals surface area contributed by atoms with Gasteiger partial charge in [-0.1, -0.05) is 164 Å². The van der Waals surface area contributed by atoms with Crippen molar-refractivity contribution >= 4 is 54.5 Å². The number of hydrogen-bond acceptors (Lipinski definition) is 2. The van der Waals surface area contributed by atoms with E-state index >= 15 is 0 Å². The molecule has 1 heterocycles. The molecular weight excluding hydrogens is 667 g/mol. The van der Waals surface area contributed by atoms with Crippen LogP contribution in [-0.2, 0) is 6.42 Å². The molecule has 2 heteroatoms. The summed E-state index contributed by atoms with van der Waals surface area (Å²) >= 11 is 0. The van der Waals surface area contributed by atoms with E-state index in [1.165, 1.54) is 70.9 Å². The molecule has 2 atom stereocenters. The summed E-state index contributed by atoms with van der Waals surface area (Å²) < 4.78 is 7.00. The summed E-state index contributed by atoms with van der Waals surface area (Å²) in [5.41, 5.74) is 9.66. The minimum atomic E-state index is -0.155. The van der Waals surface area contributed by atoms with Crippen LogP contribution in [0.1, 0.15) is 22.6 Å². The van der Waals surface area contributed by atoms with Gasteiger partial charge in [0.2, 0.25) is 0 Å². The summed E-state index contributed by atoms with van der Waals surface area (Å²) in [4.78, 5) is 2.40. The van der Waals surface area contributed by atoms with E-state index in [0.717, 1.165) is 29.2 Å². The lowest BCUT2D eigenvalue weighted by Gasteiger charge is -2.34. The van der Waals surface area contributed by atoms with Crippen molar-refractivity contribution in [2.24, 2.45) is 0 Å². The zero-order valence-corrected chi connectivity index (χ0v) is 30.3. The van der Waals surface area contributed by atoms with Gasteiger partial charge in [0.15, 0.2) is 0 Å². The molecule has 0 saturated heterocycles. The molecule has 0 bridgehead atoms. The van der Waals surface area contributed by atoms with Crippen molar-refractivity contribution in [1.82, 2.24) is 0 Å². The Morgan fingerprint density at radius 2 is 1.15 bits per heavy atom. The molecule has 0 fully saturated rings. The summed E-state index contributed by atoms with van der Waals surface area (Å²) in [5, 5.41) is 9.96. The number of ether oxygens (including phenoxy) is 1. The van der Waals surface area contributed by atoms with Crippen molar-refractivity contribution in [3.63, 3.8) is 0 Å². The van der Waals surface area contributed by atoms with Crippen LogP contribution >= 0.6 is 0 Å². The quantitative estimate of drug-likeness (QED) is 0.160. The van der Waals surface area contributed by atoms with E-state index in [-0.39, 0.29) is 12.0 Å². The number of nitrogens with zero attached hydrogens (tertiary/aromatic N) is 1. The van der Waals surface area contributed by atoms with Crippen LogP contribution in [0.25, 0.3) is 54.2 Å². The third-order valence-electron chi connectivity index (χ3n) is 11.6. The Bertz CT molecular complexity index is 2990. The van der Waals surface area contributed by atoms with E-state index < -0.39 is 0 Å². The van der Waals surface area contributed by atoms with Crippen LogP contribution < -0.4 is 9.64 Å². The van der Waals surface area contributed by atoms with Crippen LogP contribution in [0.4, 0.5) is 11.4 Å². The zero-order valence-electron chi connectivity index (χ0n) is 30.3. The Morgan fingerprint density at radius 1 is 0.473 bits per heavy atom. The van der Waals surface area contributed by atoms with Crippen LogP contribution in [0.5, 0.6) is 5.75 Å². The van der Waals surface area contributed by atoms with E-state index in [1.807, 2.05) is 0 Å². The van der Waals surface area contributed by atoms with Gasteiger partial charge in [-0.05, 0) is 103 Å². The summed E-state index contributed by atoms with van der Waals surface area (Å²) in [7, 11) is 0. The molecule has 0 radical (unpaired) electrons. The first-order valence-corrected chi connectivity index (χ1v) is 19.2. The molecule has 2 unspecified atom stereocenters. The fraction of sp³-hybridized carbons (Fsp3) is 0.0566. The fourth-order valence-electron chi connectivity index (χ4n) is 8.92. The standard InChI is InChI=1S/C53H37NO/c1-2-11-35(12-3-1)31-42-32-41-22-21-40(34-50(41)47-18-9-8-16-45(42)47)37-23-27-43(28-24-37)54(44-29-25-36-13-4-5-15-39(36)33-44)51-20-10-19-48-49-30-26-38-14-6-7-17-46(38)52(49)55-53(48)51/h1-30,32-34,48,53H,31H2. The number of hydrogen-bond donors (Lipinski definition) is 0. The molecule has 9 aromatic carbocycles. The van der Waals surface area contributed by atoms with Gasteiger partial charge in [-0.3, -0.25) is 0 Å². The Kier molecular flexibility index (Phi) is 7.41. The van der Waals surface area contributed by atoms with Gasteiger partial charge in [-0.25, -0.2) is 0 Å². The fourth-order valence-corrected chi connectivity index (χ4v) is 8.92. The van der Waals surface area contributed by atoms with Crippen LogP contribution in [0.2, 0.25) is 0 Å². The molecule has 0 N–H and O–H groups in total. The molecule has 260 valence electrons. The van der Waals surface area contributed by atoms with Crippen molar-refractivity contribution in [2.45, 2.75) is 18.4 Å². The van der Waals surface area contributed by atoms with Crippen molar-refractivity contribution in [3.8, 4) is 16.9 Å². The summed E-state index contributed by atoms with van der Waals surface area (Å²) in [5.74, 6) is 1.12. The molecule has 0 spiro atoms. The van der Waals surface area contributed by atoms with Gasteiger partial charge in [0, 0.05) is 28.2 Å². The largest absolute Gasteiger partial charge is 0.482 e. The normalized spacial score (nSPS) is 15.9. The van der Waals surface area contributed by atoms with Gasteiger partial charge in [0.1, 0.15) is 11.9 Å². The zero-order chi connectivity index (χ0) is 36.3. The highest BCUT2D eigenvalue weighted by Gasteiger charge is 2.40. The summed E-state index contributed by atoms with van der Waals surface area (Å²) in [6.07, 6.45) is 7.49. The molecule has 11 rings (SSSR count). The van der Waals surface area contributed by atoms with Gasteiger partial charge in [0.25, 0.3) is 0 Å². The van der Waals surface area contributed by atoms with E-state index in [1.54, 1.807) is 0 Å². The van der Waals surface area contributed by atoms with Crippen molar-refractivity contribution in [1.29, 1.82) is 0 Å². The van der Waals surface area contributed by atoms with Gasteiger partial charge in [-0.2, -0.15) is 0 Å². The summed E-state index contributed by atoms with van der Waals surface area (Å²) in [6, 6.07) is 66.4. The third kappa shape index (κ3) is 5.41. The molecule has 2 aliphatic rings. The number of allylic oxidation sites excluding steroid dienone is 2. The van der Waals surface area contributed by atoms with Crippen LogP contribution in [0.15, 0.2) is 206 Å². The van der Waals surface area contributed by atoms with E-state index in [4.69, 9.17) is 4.74 Å². The maximum atomic E-state index is 7.00. The Labute approximate surface area is 320 Å². The van der Waals surface area contributed by atoms with Crippen LogP contribution in [0, 0.1) is 0 Å². The molecule has 0 saturated carbocycles. The summed E-state index contributed by atoms with van der Waals surface area (Å²) in [6.45, 7) is 0. The Morgan fingerprint density at radius 3 is 2.00 bits per heavy atom. The average molecular weight is 704 g/mol. The lowest BCUT2D eigenvalue weighted by Crippen LogP contribution is -2.32. The van der Waals surface area contributed by atoms with Gasteiger partial charge in [-0.15, -0.1) is 0 Å².